The molecule has 0 bridgehead atoms. The molecule has 28 heavy (non-hydrogen) atoms. The third-order valence-corrected chi connectivity index (χ3v) is 5.16. The van der Waals surface area contributed by atoms with E-state index in [0.29, 0.717) is 22.4 Å². The molecule has 0 amide bonds. The van der Waals surface area contributed by atoms with Gasteiger partial charge < -0.3 is 10.4 Å². The Bertz CT molecular complexity index is 1090. The number of benzene rings is 3. The van der Waals surface area contributed by atoms with Crippen LogP contribution in [0, 0.1) is 0 Å². The maximum atomic E-state index is 13.4. The number of ketones is 2. The maximum absolute atomic E-state index is 13.4. The molecule has 0 unspecified atom stereocenters. The highest BCUT2D eigenvalue weighted by Crippen LogP contribution is 2.40. The fourth-order valence-corrected chi connectivity index (χ4v) is 3.70. The number of carbonyl (C=O) groups excluding carboxylic acids is 2. The Hall–Kier alpha value is -3.44. The summed E-state index contributed by atoms with van der Waals surface area (Å²) in [6.45, 7) is 0. The summed E-state index contributed by atoms with van der Waals surface area (Å²) in [5, 5.41) is 12.4. The second-order valence-electron chi connectivity index (χ2n) is 6.44. The van der Waals surface area contributed by atoms with E-state index in [4.69, 9.17) is 11.6 Å². The van der Waals surface area contributed by atoms with Crippen LogP contribution in [0.25, 0.3) is 0 Å². The van der Waals surface area contributed by atoms with Gasteiger partial charge in [0, 0.05) is 16.8 Å². The topological polar surface area (TPSA) is 83.5 Å². The summed E-state index contributed by atoms with van der Waals surface area (Å²) in [5.74, 6) is -1.97. The van der Waals surface area contributed by atoms with Crippen LogP contribution in [0.4, 0.5) is 5.69 Å². The van der Waals surface area contributed by atoms with E-state index in [-0.39, 0.29) is 22.2 Å². The Labute approximate surface area is 165 Å². The monoisotopic (exact) mass is 391 g/mol. The normalized spacial score (nSPS) is 14.6. The van der Waals surface area contributed by atoms with Gasteiger partial charge in [-0.1, -0.05) is 66.2 Å². The van der Waals surface area contributed by atoms with E-state index in [1.165, 1.54) is 12.1 Å². The first kappa shape index (κ1) is 17.9. The molecular formula is C22H14ClNO4. The highest BCUT2D eigenvalue weighted by Gasteiger charge is 2.54. The fourth-order valence-electron chi connectivity index (χ4n) is 3.51. The molecule has 2 N–H and O–H groups in total. The van der Waals surface area contributed by atoms with Gasteiger partial charge >= 0.3 is 5.97 Å². The largest absolute Gasteiger partial charge is 0.478 e. The zero-order chi connectivity index (χ0) is 19.9. The number of Topliss-reactive ketones (excluding diaryl/α,β-unsaturated/α-hetero) is 2. The van der Waals surface area contributed by atoms with Crippen LogP contribution < -0.4 is 5.32 Å². The smallest absolute Gasteiger partial charge is 0.337 e. The molecule has 138 valence electrons. The summed E-state index contributed by atoms with van der Waals surface area (Å²) in [6, 6.07) is 19.6. The summed E-state index contributed by atoms with van der Waals surface area (Å²) in [6.07, 6.45) is 0. The third-order valence-electron chi connectivity index (χ3n) is 4.83. The van der Waals surface area contributed by atoms with Crippen LogP contribution in [-0.4, -0.2) is 22.6 Å². The minimum Gasteiger partial charge on any atom is -0.478 e. The zero-order valence-corrected chi connectivity index (χ0v) is 15.2. The number of nitrogens with one attached hydrogen (secondary N) is 1. The molecule has 0 aliphatic heterocycles. The zero-order valence-electron chi connectivity index (χ0n) is 14.5. The van der Waals surface area contributed by atoms with Crippen molar-refractivity contribution in [1.82, 2.24) is 0 Å². The molecular weight excluding hydrogens is 378 g/mol. The van der Waals surface area contributed by atoms with Crippen LogP contribution in [0.15, 0.2) is 72.8 Å². The molecule has 0 spiro atoms. The summed E-state index contributed by atoms with van der Waals surface area (Å²) < 4.78 is 0. The molecule has 0 saturated carbocycles. The number of carbonyl (C=O) groups is 3. The second-order valence-corrected chi connectivity index (χ2v) is 6.85. The summed E-state index contributed by atoms with van der Waals surface area (Å²) in [7, 11) is 0. The number of anilines is 1. The Morgan fingerprint density at radius 3 is 2.00 bits per heavy atom. The molecule has 5 nitrogen and oxygen atoms in total. The third kappa shape index (κ3) is 2.60. The van der Waals surface area contributed by atoms with E-state index < -0.39 is 11.5 Å². The van der Waals surface area contributed by atoms with Crippen LogP contribution in [0.5, 0.6) is 0 Å². The highest BCUT2D eigenvalue weighted by molar-refractivity contribution is 6.35. The van der Waals surface area contributed by atoms with Crippen LogP contribution in [-0.2, 0) is 5.54 Å². The first-order valence-corrected chi connectivity index (χ1v) is 8.88. The number of carboxylic acids is 1. The van der Waals surface area contributed by atoms with Gasteiger partial charge in [-0.15, -0.1) is 0 Å². The van der Waals surface area contributed by atoms with Gasteiger partial charge in [0.25, 0.3) is 0 Å². The molecule has 3 aromatic carbocycles. The number of carboxylic acid groups (broad SMARTS) is 1. The van der Waals surface area contributed by atoms with Gasteiger partial charge in [0.2, 0.25) is 11.6 Å². The lowest BCUT2D eigenvalue weighted by molar-refractivity contribution is 0.0696. The minimum atomic E-state index is -1.67. The molecule has 0 heterocycles. The van der Waals surface area contributed by atoms with E-state index in [0.717, 1.165) is 0 Å². The van der Waals surface area contributed by atoms with Crippen LogP contribution >= 0.6 is 11.6 Å². The molecule has 0 aromatic heterocycles. The first-order valence-electron chi connectivity index (χ1n) is 8.50. The molecule has 1 aliphatic carbocycles. The fraction of sp³-hybridized carbons (Fsp3) is 0.0455. The lowest BCUT2D eigenvalue weighted by Crippen LogP contribution is -2.46. The average Bonchev–Trinajstić information content (AvgIpc) is 2.93. The van der Waals surface area contributed by atoms with Crippen molar-refractivity contribution in [1.29, 1.82) is 0 Å². The van der Waals surface area contributed by atoms with E-state index in [9.17, 15) is 19.5 Å². The van der Waals surface area contributed by atoms with Crippen molar-refractivity contribution in [3.8, 4) is 0 Å². The van der Waals surface area contributed by atoms with Gasteiger partial charge in [-0.2, -0.15) is 0 Å². The molecule has 3 aromatic rings. The van der Waals surface area contributed by atoms with Crippen molar-refractivity contribution < 1.29 is 19.5 Å². The van der Waals surface area contributed by atoms with Gasteiger partial charge in [0.05, 0.1) is 10.6 Å². The molecule has 0 fully saturated rings. The standard InChI is InChI=1S/C22H14ClNO4/c23-18-11-10-14(12-17(18)21(27)28)24-22(13-6-2-1-3-7-13)19(25)15-8-4-5-9-16(15)20(22)26/h1-12,24H,(H,27,28). The quantitative estimate of drug-likeness (QED) is 0.643. The summed E-state index contributed by atoms with van der Waals surface area (Å²) in [5.41, 5.74) is -0.347. The first-order chi connectivity index (χ1) is 13.4. The molecule has 0 atom stereocenters. The number of hydrogen-bond acceptors (Lipinski definition) is 4. The lowest BCUT2D eigenvalue weighted by Gasteiger charge is -2.29. The summed E-state index contributed by atoms with van der Waals surface area (Å²) in [4.78, 5) is 38.2. The molecule has 6 heteroatoms. The van der Waals surface area contributed by atoms with Gasteiger partial charge in [0.15, 0.2) is 5.54 Å². The molecule has 4 rings (SSSR count). The van der Waals surface area contributed by atoms with Crippen LogP contribution in [0.3, 0.4) is 0 Å². The minimum absolute atomic E-state index is 0.0687. The van der Waals surface area contributed by atoms with Crippen molar-refractivity contribution in [2.75, 3.05) is 5.32 Å². The van der Waals surface area contributed by atoms with Crippen LogP contribution in [0.2, 0.25) is 5.02 Å². The van der Waals surface area contributed by atoms with Gasteiger partial charge in [0.1, 0.15) is 0 Å². The summed E-state index contributed by atoms with van der Waals surface area (Å²) >= 11 is 5.95. The number of aromatic carboxylic acids is 1. The Kier molecular flexibility index (Phi) is 4.24. The predicted molar refractivity (Wildman–Crippen MR) is 105 cm³/mol. The van der Waals surface area contributed by atoms with Crippen molar-refractivity contribution >= 4 is 34.8 Å². The average molecular weight is 392 g/mol. The van der Waals surface area contributed by atoms with E-state index >= 15 is 0 Å². The maximum Gasteiger partial charge on any atom is 0.337 e. The van der Waals surface area contributed by atoms with Gasteiger partial charge in [-0.3, -0.25) is 9.59 Å². The number of rotatable bonds is 4. The van der Waals surface area contributed by atoms with Crippen molar-refractivity contribution in [2.45, 2.75) is 5.54 Å². The highest BCUT2D eigenvalue weighted by atomic mass is 35.5. The van der Waals surface area contributed by atoms with Crippen molar-refractivity contribution in [3.63, 3.8) is 0 Å². The van der Waals surface area contributed by atoms with E-state index in [1.54, 1.807) is 60.7 Å². The number of hydrogen-bond donors (Lipinski definition) is 2. The predicted octanol–water partition coefficient (Wildman–Crippen LogP) is 4.42. The van der Waals surface area contributed by atoms with Gasteiger partial charge in [-0.05, 0) is 23.8 Å². The molecule has 0 saturated heterocycles. The Morgan fingerprint density at radius 2 is 1.43 bits per heavy atom. The number of halogens is 1. The van der Waals surface area contributed by atoms with Crippen molar-refractivity contribution in [3.05, 3.63) is 100 Å². The molecule has 0 radical (unpaired) electrons. The van der Waals surface area contributed by atoms with E-state index in [2.05, 4.69) is 5.32 Å². The SMILES string of the molecule is O=C(O)c1cc(NC2(c3ccccc3)C(=O)c3ccccc3C2=O)ccc1Cl. The molecule has 1 aliphatic rings. The Morgan fingerprint density at radius 1 is 0.857 bits per heavy atom. The Balaban J connectivity index is 1.91. The van der Waals surface area contributed by atoms with Crippen LogP contribution in [0.1, 0.15) is 36.6 Å². The lowest BCUT2D eigenvalue weighted by atomic mass is 9.84. The van der Waals surface area contributed by atoms with Crippen molar-refractivity contribution in [2.24, 2.45) is 0 Å². The van der Waals surface area contributed by atoms with E-state index in [1.807, 2.05) is 0 Å². The van der Waals surface area contributed by atoms with Gasteiger partial charge in [-0.25, -0.2) is 4.79 Å². The number of fused-ring (bicyclic) bond motifs is 1. The second kappa shape index (κ2) is 6.62.